The fourth-order valence-electron chi connectivity index (χ4n) is 1.16. The van der Waals surface area contributed by atoms with Crippen molar-refractivity contribution in [1.29, 1.82) is 0 Å². The number of carbonyl (C=O) groups is 2. The van der Waals surface area contributed by atoms with Crippen LogP contribution in [-0.2, 0) is 9.59 Å². The van der Waals surface area contributed by atoms with E-state index < -0.39 is 11.9 Å². The first-order valence-corrected chi connectivity index (χ1v) is 5.16. The average Bonchev–Trinajstić information content (AvgIpc) is 2.16. The van der Waals surface area contributed by atoms with Crippen LogP contribution in [0.15, 0.2) is 0 Å². The van der Waals surface area contributed by atoms with E-state index in [1.54, 1.807) is 20.8 Å². The summed E-state index contributed by atoms with van der Waals surface area (Å²) >= 11 is 0. The van der Waals surface area contributed by atoms with Gasteiger partial charge >= 0.3 is 5.97 Å². The lowest BCUT2D eigenvalue weighted by Crippen LogP contribution is -2.48. The van der Waals surface area contributed by atoms with Crippen LogP contribution in [0.3, 0.4) is 0 Å². The van der Waals surface area contributed by atoms with Crippen molar-refractivity contribution >= 4 is 11.9 Å². The van der Waals surface area contributed by atoms with E-state index in [9.17, 15) is 9.59 Å². The molecule has 3 unspecified atom stereocenters. The second-order valence-corrected chi connectivity index (χ2v) is 3.70. The van der Waals surface area contributed by atoms with Crippen LogP contribution in [0.2, 0.25) is 0 Å². The van der Waals surface area contributed by atoms with Crippen molar-refractivity contribution < 1.29 is 14.7 Å². The molecule has 88 valence electrons. The van der Waals surface area contributed by atoms with Gasteiger partial charge in [0, 0.05) is 12.6 Å². The van der Waals surface area contributed by atoms with Gasteiger partial charge in [0.05, 0.1) is 12.0 Å². The molecule has 0 saturated heterocycles. The summed E-state index contributed by atoms with van der Waals surface area (Å²) in [5.74, 6) is -1.48. The van der Waals surface area contributed by atoms with E-state index >= 15 is 0 Å². The molecule has 0 rings (SSSR count). The molecule has 5 nitrogen and oxygen atoms in total. The topological polar surface area (TPSA) is 78.4 Å². The van der Waals surface area contributed by atoms with Crippen molar-refractivity contribution in [2.75, 3.05) is 6.54 Å². The average molecular weight is 216 g/mol. The highest BCUT2D eigenvalue weighted by molar-refractivity contribution is 5.81. The normalized spacial score (nSPS) is 16.5. The molecule has 0 aromatic heterocycles. The molecule has 0 aromatic carbocycles. The van der Waals surface area contributed by atoms with E-state index in [1.165, 1.54) is 0 Å². The number of amides is 1. The maximum Gasteiger partial charge on any atom is 0.307 e. The molecule has 0 aliphatic rings. The molecule has 15 heavy (non-hydrogen) atoms. The predicted molar refractivity (Wildman–Crippen MR) is 57.5 cm³/mol. The number of aliphatic carboxylic acids is 1. The van der Waals surface area contributed by atoms with Crippen LogP contribution in [-0.4, -0.2) is 35.6 Å². The third-order valence-corrected chi connectivity index (χ3v) is 2.40. The van der Waals surface area contributed by atoms with Crippen LogP contribution in [0, 0.1) is 5.92 Å². The third kappa shape index (κ3) is 4.78. The summed E-state index contributed by atoms with van der Waals surface area (Å²) < 4.78 is 0. The largest absolute Gasteiger partial charge is 0.481 e. The van der Waals surface area contributed by atoms with Gasteiger partial charge in [0.25, 0.3) is 0 Å². The minimum atomic E-state index is -0.863. The van der Waals surface area contributed by atoms with Crippen LogP contribution in [0.1, 0.15) is 27.7 Å². The van der Waals surface area contributed by atoms with Crippen molar-refractivity contribution in [3.05, 3.63) is 0 Å². The van der Waals surface area contributed by atoms with E-state index in [-0.39, 0.29) is 18.0 Å². The van der Waals surface area contributed by atoms with Gasteiger partial charge in [0.15, 0.2) is 0 Å². The molecule has 1 amide bonds. The molecule has 0 aliphatic carbocycles. The highest BCUT2D eigenvalue weighted by atomic mass is 16.4. The molecule has 3 N–H and O–H groups in total. The Balaban J connectivity index is 4.11. The van der Waals surface area contributed by atoms with Crippen LogP contribution in [0.4, 0.5) is 0 Å². The number of hydrogen-bond acceptors (Lipinski definition) is 3. The van der Waals surface area contributed by atoms with Crippen LogP contribution < -0.4 is 10.6 Å². The number of carboxylic acids is 1. The summed E-state index contributed by atoms with van der Waals surface area (Å²) in [7, 11) is 0. The Hall–Kier alpha value is -1.10. The zero-order valence-corrected chi connectivity index (χ0v) is 9.70. The van der Waals surface area contributed by atoms with E-state index in [0.29, 0.717) is 6.54 Å². The summed E-state index contributed by atoms with van der Waals surface area (Å²) in [6.07, 6.45) is 0. The Labute approximate surface area is 90.2 Å². The minimum absolute atomic E-state index is 0.109. The van der Waals surface area contributed by atoms with Crippen molar-refractivity contribution in [1.82, 2.24) is 10.6 Å². The number of nitrogens with one attached hydrogen (secondary N) is 2. The van der Waals surface area contributed by atoms with E-state index in [0.717, 1.165) is 0 Å². The molecule has 0 aromatic rings. The third-order valence-electron chi connectivity index (χ3n) is 2.40. The Morgan fingerprint density at radius 1 is 1.27 bits per heavy atom. The minimum Gasteiger partial charge on any atom is -0.481 e. The molecular weight excluding hydrogens is 196 g/mol. The number of likely N-dealkylation sites (N-methyl/N-ethyl adjacent to an activating group) is 1. The van der Waals surface area contributed by atoms with Crippen LogP contribution in [0.25, 0.3) is 0 Å². The maximum atomic E-state index is 11.3. The zero-order valence-electron chi connectivity index (χ0n) is 9.70. The summed E-state index contributed by atoms with van der Waals surface area (Å²) in [4.78, 5) is 22.0. The number of carbonyl (C=O) groups excluding carboxylic acids is 1. The fraction of sp³-hybridized carbons (Fsp3) is 0.800. The summed E-state index contributed by atoms with van der Waals surface area (Å²) in [6.45, 7) is 7.51. The van der Waals surface area contributed by atoms with E-state index in [1.807, 2.05) is 6.92 Å². The first-order chi connectivity index (χ1) is 6.90. The lowest BCUT2D eigenvalue weighted by molar-refractivity contribution is -0.142. The van der Waals surface area contributed by atoms with Crippen molar-refractivity contribution in [2.45, 2.75) is 39.8 Å². The molecule has 0 radical (unpaired) electrons. The van der Waals surface area contributed by atoms with Gasteiger partial charge in [0.1, 0.15) is 0 Å². The number of hydrogen-bond donors (Lipinski definition) is 3. The van der Waals surface area contributed by atoms with Gasteiger partial charge < -0.3 is 15.7 Å². The zero-order chi connectivity index (χ0) is 12.0. The SMILES string of the molecule is CCNC(=O)C(C)NC(C)C(C)C(=O)O. The van der Waals surface area contributed by atoms with Crippen molar-refractivity contribution in [2.24, 2.45) is 5.92 Å². The summed E-state index contributed by atoms with van der Waals surface area (Å²) in [6, 6.07) is -0.609. The van der Waals surface area contributed by atoms with Gasteiger partial charge in [-0.15, -0.1) is 0 Å². The molecule has 5 heteroatoms. The van der Waals surface area contributed by atoms with Gasteiger partial charge in [-0.3, -0.25) is 9.59 Å². The monoisotopic (exact) mass is 216 g/mol. The van der Waals surface area contributed by atoms with Crippen molar-refractivity contribution in [3.63, 3.8) is 0 Å². The van der Waals surface area contributed by atoms with Gasteiger partial charge in [-0.1, -0.05) is 6.92 Å². The number of carboxylic acid groups (broad SMARTS) is 1. The molecule has 0 fully saturated rings. The first kappa shape index (κ1) is 13.9. The highest BCUT2D eigenvalue weighted by Gasteiger charge is 2.22. The van der Waals surface area contributed by atoms with Gasteiger partial charge in [-0.05, 0) is 20.8 Å². The molecular formula is C10H20N2O3. The fourth-order valence-corrected chi connectivity index (χ4v) is 1.16. The van der Waals surface area contributed by atoms with Crippen molar-refractivity contribution in [3.8, 4) is 0 Å². The molecule has 0 spiro atoms. The van der Waals surface area contributed by atoms with Crippen LogP contribution >= 0.6 is 0 Å². The summed E-state index contributed by atoms with van der Waals surface area (Å²) in [5, 5.41) is 14.4. The van der Waals surface area contributed by atoms with E-state index in [4.69, 9.17) is 5.11 Å². The Bertz CT molecular complexity index is 231. The second kappa shape index (κ2) is 6.40. The van der Waals surface area contributed by atoms with Gasteiger partial charge in [-0.25, -0.2) is 0 Å². The van der Waals surface area contributed by atoms with E-state index in [2.05, 4.69) is 10.6 Å². The van der Waals surface area contributed by atoms with Crippen LogP contribution in [0.5, 0.6) is 0 Å². The Kier molecular flexibility index (Phi) is 5.93. The quantitative estimate of drug-likeness (QED) is 0.593. The lowest BCUT2D eigenvalue weighted by atomic mass is 10.0. The highest BCUT2D eigenvalue weighted by Crippen LogP contribution is 2.03. The smallest absolute Gasteiger partial charge is 0.307 e. The molecule has 0 heterocycles. The molecule has 0 bridgehead atoms. The standard InChI is InChI=1S/C10H20N2O3/c1-5-11-9(13)8(4)12-7(3)6(2)10(14)15/h6-8,12H,5H2,1-4H3,(H,11,13)(H,14,15). The first-order valence-electron chi connectivity index (χ1n) is 5.16. The lowest BCUT2D eigenvalue weighted by Gasteiger charge is -2.22. The Morgan fingerprint density at radius 3 is 2.20 bits per heavy atom. The summed E-state index contributed by atoms with van der Waals surface area (Å²) in [5.41, 5.74) is 0. The number of rotatable bonds is 6. The molecule has 0 aliphatic heterocycles. The van der Waals surface area contributed by atoms with Gasteiger partial charge in [-0.2, -0.15) is 0 Å². The molecule has 3 atom stereocenters. The predicted octanol–water partition coefficient (Wildman–Crippen LogP) is 0.210. The molecule has 0 saturated carbocycles. The maximum absolute atomic E-state index is 11.3. The Morgan fingerprint density at radius 2 is 1.80 bits per heavy atom. The van der Waals surface area contributed by atoms with Gasteiger partial charge in [0.2, 0.25) is 5.91 Å². The second-order valence-electron chi connectivity index (χ2n) is 3.70.